The molecule has 2 fully saturated rings. The van der Waals surface area contributed by atoms with Crippen LogP contribution in [0, 0.1) is 11.8 Å². The van der Waals surface area contributed by atoms with Gasteiger partial charge in [0.1, 0.15) is 0 Å². The molecule has 2 heterocycles. The van der Waals surface area contributed by atoms with E-state index in [0.717, 1.165) is 25.0 Å². The first-order valence-corrected chi connectivity index (χ1v) is 6.68. The molecule has 2 aliphatic heterocycles. The van der Waals surface area contributed by atoms with Crippen molar-refractivity contribution in [2.45, 2.75) is 39.0 Å². The first-order chi connectivity index (χ1) is 7.38. The Bertz CT molecular complexity index is 169. The normalized spacial score (nSPS) is 29.8. The van der Waals surface area contributed by atoms with Crippen molar-refractivity contribution in [3.8, 4) is 0 Å². The van der Waals surface area contributed by atoms with E-state index in [1.54, 1.807) is 0 Å². The summed E-state index contributed by atoms with van der Waals surface area (Å²) in [4.78, 5) is 2.66. The molecular formula is C13H25NO. The van der Waals surface area contributed by atoms with E-state index in [1.165, 1.54) is 51.7 Å². The highest BCUT2D eigenvalue weighted by Crippen LogP contribution is 2.22. The number of piperidine rings is 1. The van der Waals surface area contributed by atoms with Gasteiger partial charge >= 0.3 is 0 Å². The van der Waals surface area contributed by atoms with Crippen molar-refractivity contribution in [1.82, 2.24) is 4.90 Å². The summed E-state index contributed by atoms with van der Waals surface area (Å²) in [6.07, 6.45) is 6.89. The highest BCUT2D eigenvalue weighted by molar-refractivity contribution is 4.73. The fourth-order valence-electron chi connectivity index (χ4n) is 2.79. The molecule has 2 rings (SSSR count). The summed E-state index contributed by atoms with van der Waals surface area (Å²) >= 11 is 0. The van der Waals surface area contributed by atoms with Gasteiger partial charge < -0.3 is 9.64 Å². The molecule has 2 heteroatoms. The van der Waals surface area contributed by atoms with Crippen LogP contribution in [0.3, 0.4) is 0 Å². The van der Waals surface area contributed by atoms with Crippen molar-refractivity contribution in [3.63, 3.8) is 0 Å². The van der Waals surface area contributed by atoms with Crippen molar-refractivity contribution in [1.29, 1.82) is 0 Å². The number of hydrogen-bond acceptors (Lipinski definition) is 2. The monoisotopic (exact) mass is 211 g/mol. The molecule has 0 spiro atoms. The third-order valence-electron chi connectivity index (χ3n) is 4.16. The minimum absolute atomic E-state index is 0.855. The summed E-state index contributed by atoms with van der Waals surface area (Å²) in [6.45, 7) is 8.34. The second kappa shape index (κ2) is 5.86. The number of rotatable bonds is 4. The first kappa shape index (κ1) is 11.4. The lowest BCUT2D eigenvalue weighted by Crippen LogP contribution is -2.35. The van der Waals surface area contributed by atoms with Gasteiger partial charge in [-0.3, -0.25) is 0 Å². The zero-order valence-electron chi connectivity index (χ0n) is 10.1. The standard InChI is InChI=1S/C13H25NO/c1-2-12-3-7-14(8-4-12)9-5-13-6-10-15-11-13/h12-13H,2-11H2,1H3. The van der Waals surface area contributed by atoms with Crippen molar-refractivity contribution >= 4 is 0 Å². The summed E-state index contributed by atoms with van der Waals surface area (Å²) in [5.74, 6) is 1.87. The zero-order valence-corrected chi connectivity index (χ0v) is 10.1. The molecule has 0 saturated carbocycles. The fourth-order valence-corrected chi connectivity index (χ4v) is 2.79. The Balaban J connectivity index is 1.59. The first-order valence-electron chi connectivity index (χ1n) is 6.68. The van der Waals surface area contributed by atoms with E-state index in [0.29, 0.717) is 0 Å². The van der Waals surface area contributed by atoms with Crippen molar-refractivity contribution in [3.05, 3.63) is 0 Å². The van der Waals surface area contributed by atoms with Gasteiger partial charge in [-0.2, -0.15) is 0 Å². The van der Waals surface area contributed by atoms with Crippen LogP contribution in [-0.2, 0) is 4.74 Å². The van der Waals surface area contributed by atoms with Crippen LogP contribution in [0.2, 0.25) is 0 Å². The summed E-state index contributed by atoms with van der Waals surface area (Å²) in [5, 5.41) is 0. The van der Waals surface area contributed by atoms with E-state index in [4.69, 9.17) is 4.74 Å². The molecule has 2 saturated heterocycles. The molecule has 2 aliphatic rings. The maximum absolute atomic E-state index is 5.41. The van der Waals surface area contributed by atoms with Gasteiger partial charge in [-0.25, -0.2) is 0 Å². The molecule has 88 valence electrons. The summed E-state index contributed by atoms with van der Waals surface area (Å²) in [6, 6.07) is 0. The molecule has 0 amide bonds. The second-order valence-electron chi connectivity index (χ2n) is 5.21. The van der Waals surface area contributed by atoms with Gasteiger partial charge in [0.15, 0.2) is 0 Å². The van der Waals surface area contributed by atoms with Gasteiger partial charge in [-0.05, 0) is 57.2 Å². The van der Waals surface area contributed by atoms with Crippen LogP contribution in [-0.4, -0.2) is 37.7 Å². The zero-order chi connectivity index (χ0) is 10.5. The quantitative estimate of drug-likeness (QED) is 0.708. The lowest BCUT2D eigenvalue weighted by atomic mass is 9.94. The maximum Gasteiger partial charge on any atom is 0.0495 e. The third kappa shape index (κ3) is 3.46. The Hall–Kier alpha value is -0.0800. The summed E-state index contributed by atoms with van der Waals surface area (Å²) in [7, 11) is 0. The predicted octanol–water partition coefficient (Wildman–Crippen LogP) is 2.54. The van der Waals surface area contributed by atoms with E-state index in [9.17, 15) is 0 Å². The molecule has 0 bridgehead atoms. The number of likely N-dealkylation sites (tertiary alicyclic amines) is 1. The van der Waals surface area contributed by atoms with Crippen LogP contribution < -0.4 is 0 Å². The van der Waals surface area contributed by atoms with E-state index in [2.05, 4.69) is 11.8 Å². The number of nitrogens with zero attached hydrogens (tertiary/aromatic N) is 1. The predicted molar refractivity (Wildman–Crippen MR) is 63.0 cm³/mol. The van der Waals surface area contributed by atoms with Crippen molar-refractivity contribution in [2.24, 2.45) is 11.8 Å². The largest absolute Gasteiger partial charge is 0.381 e. The topological polar surface area (TPSA) is 12.5 Å². The molecule has 2 nitrogen and oxygen atoms in total. The Morgan fingerprint density at radius 2 is 1.93 bits per heavy atom. The van der Waals surface area contributed by atoms with Crippen LogP contribution in [0.15, 0.2) is 0 Å². The van der Waals surface area contributed by atoms with Gasteiger partial charge in [0, 0.05) is 13.2 Å². The molecule has 0 aliphatic carbocycles. The molecule has 1 atom stereocenters. The highest BCUT2D eigenvalue weighted by Gasteiger charge is 2.20. The van der Waals surface area contributed by atoms with Gasteiger partial charge in [-0.1, -0.05) is 13.3 Å². The lowest BCUT2D eigenvalue weighted by molar-refractivity contribution is 0.158. The molecule has 0 N–H and O–H groups in total. The average molecular weight is 211 g/mol. The lowest BCUT2D eigenvalue weighted by Gasteiger charge is -2.31. The Labute approximate surface area is 94.0 Å². The van der Waals surface area contributed by atoms with E-state index < -0.39 is 0 Å². The molecule has 0 aromatic rings. The molecule has 0 aromatic carbocycles. The van der Waals surface area contributed by atoms with Gasteiger partial charge in [0.05, 0.1) is 0 Å². The van der Waals surface area contributed by atoms with Crippen LogP contribution in [0.4, 0.5) is 0 Å². The Morgan fingerprint density at radius 3 is 2.53 bits per heavy atom. The van der Waals surface area contributed by atoms with Crippen molar-refractivity contribution in [2.75, 3.05) is 32.8 Å². The van der Waals surface area contributed by atoms with Gasteiger partial charge in [-0.15, -0.1) is 0 Å². The van der Waals surface area contributed by atoms with E-state index >= 15 is 0 Å². The smallest absolute Gasteiger partial charge is 0.0495 e. The summed E-state index contributed by atoms with van der Waals surface area (Å²) < 4.78 is 5.41. The Morgan fingerprint density at radius 1 is 1.13 bits per heavy atom. The Kier molecular flexibility index (Phi) is 4.45. The van der Waals surface area contributed by atoms with Gasteiger partial charge in [0.25, 0.3) is 0 Å². The minimum atomic E-state index is 0.855. The highest BCUT2D eigenvalue weighted by atomic mass is 16.5. The maximum atomic E-state index is 5.41. The number of ether oxygens (including phenoxy) is 1. The number of hydrogen-bond donors (Lipinski definition) is 0. The minimum Gasteiger partial charge on any atom is -0.381 e. The third-order valence-corrected chi connectivity index (χ3v) is 4.16. The molecule has 0 aromatic heterocycles. The molecular weight excluding hydrogens is 186 g/mol. The van der Waals surface area contributed by atoms with E-state index in [-0.39, 0.29) is 0 Å². The van der Waals surface area contributed by atoms with Crippen LogP contribution >= 0.6 is 0 Å². The van der Waals surface area contributed by atoms with Crippen LogP contribution in [0.1, 0.15) is 39.0 Å². The second-order valence-corrected chi connectivity index (χ2v) is 5.21. The van der Waals surface area contributed by atoms with Crippen LogP contribution in [0.5, 0.6) is 0 Å². The summed E-state index contributed by atoms with van der Waals surface area (Å²) in [5.41, 5.74) is 0. The molecule has 15 heavy (non-hydrogen) atoms. The van der Waals surface area contributed by atoms with Crippen molar-refractivity contribution < 1.29 is 4.74 Å². The average Bonchev–Trinajstić information content (AvgIpc) is 2.80. The van der Waals surface area contributed by atoms with Gasteiger partial charge in [0.2, 0.25) is 0 Å². The SMILES string of the molecule is CCC1CCN(CCC2CCOC2)CC1. The molecule has 1 unspecified atom stereocenters. The van der Waals surface area contributed by atoms with E-state index in [1.807, 2.05) is 0 Å². The fraction of sp³-hybridized carbons (Fsp3) is 1.00. The van der Waals surface area contributed by atoms with Crippen LogP contribution in [0.25, 0.3) is 0 Å². The molecule has 0 radical (unpaired) electrons.